The number of hydrogen-bond acceptors (Lipinski definition) is 4. The van der Waals surface area contributed by atoms with E-state index in [9.17, 15) is 9.18 Å². The lowest BCUT2D eigenvalue weighted by Gasteiger charge is -2.33. The summed E-state index contributed by atoms with van der Waals surface area (Å²) < 4.78 is 23.7. The molecule has 0 radical (unpaired) electrons. The molecule has 1 aliphatic heterocycles. The van der Waals surface area contributed by atoms with Crippen LogP contribution in [0.15, 0.2) is 30.3 Å². The highest BCUT2D eigenvalue weighted by molar-refractivity contribution is 7.97. The van der Waals surface area contributed by atoms with Crippen LogP contribution in [0.2, 0.25) is 0 Å². The van der Waals surface area contributed by atoms with Crippen molar-refractivity contribution in [3.05, 3.63) is 64.0 Å². The molecule has 1 saturated carbocycles. The number of aryl methyl sites for hydroxylation is 2. The molecule has 0 spiro atoms. The van der Waals surface area contributed by atoms with Crippen LogP contribution in [0.5, 0.6) is 5.75 Å². The van der Waals surface area contributed by atoms with Gasteiger partial charge in [-0.25, -0.2) is 4.39 Å². The smallest absolute Gasteiger partial charge is 0.264 e. The first kappa shape index (κ1) is 22.2. The number of hydrogen-bond donors (Lipinski definition) is 1. The molecule has 166 valence electrons. The second kappa shape index (κ2) is 9.61. The van der Waals surface area contributed by atoms with Gasteiger partial charge in [0.25, 0.3) is 5.91 Å². The van der Waals surface area contributed by atoms with Crippen molar-refractivity contribution in [2.24, 2.45) is 0 Å². The number of rotatable bonds is 7. The summed E-state index contributed by atoms with van der Waals surface area (Å²) in [6.45, 7) is 7.06. The molecule has 4 nitrogen and oxygen atoms in total. The minimum absolute atomic E-state index is 0.0306. The van der Waals surface area contributed by atoms with Gasteiger partial charge in [0.1, 0.15) is 17.7 Å². The van der Waals surface area contributed by atoms with Gasteiger partial charge in [-0.15, -0.1) is 0 Å². The lowest BCUT2D eigenvalue weighted by Crippen LogP contribution is -2.40. The normalized spacial score (nSPS) is 19.3. The molecular weight excluding hydrogens is 411 g/mol. The van der Waals surface area contributed by atoms with Gasteiger partial charge in [-0.3, -0.25) is 14.4 Å². The van der Waals surface area contributed by atoms with E-state index in [1.807, 2.05) is 0 Å². The molecule has 0 bridgehead atoms. The number of ether oxygens (including phenoxy) is 1. The Hall–Kier alpha value is -2.05. The maximum atomic E-state index is 14.7. The molecule has 4 rings (SSSR count). The molecule has 1 atom stereocenters. The molecule has 2 fully saturated rings. The Labute approximate surface area is 188 Å². The minimum atomic E-state index is -0.520. The molecule has 6 heteroatoms. The quantitative estimate of drug-likeness (QED) is 0.585. The van der Waals surface area contributed by atoms with Crippen molar-refractivity contribution in [1.82, 2.24) is 9.62 Å². The molecule has 1 unspecified atom stereocenters. The van der Waals surface area contributed by atoms with Crippen LogP contribution in [0.3, 0.4) is 0 Å². The highest BCUT2D eigenvalue weighted by Gasteiger charge is 2.31. The van der Waals surface area contributed by atoms with Crippen molar-refractivity contribution < 1.29 is 13.9 Å². The topological polar surface area (TPSA) is 41.6 Å². The standard InChI is InChI=1S/C25H31FN2O2S/c1-16-6-7-18(11-17(16)2)14-28-10-4-5-20(15-28)30-24-13-23(26)22(25(29)27-31-3)12-21(24)19-8-9-19/h6-7,11-13,19-20H,4-5,8-10,14-15H2,1-3H3,(H,27,29). The van der Waals surface area contributed by atoms with Crippen LogP contribution in [-0.4, -0.2) is 36.3 Å². The molecule has 1 amide bonds. The maximum absolute atomic E-state index is 14.7. The Kier molecular flexibility index (Phi) is 6.87. The molecule has 2 aromatic carbocycles. The Morgan fingerprint density at radius 2 is 2.00 bits per heavy atom. The third-order valence-electron chi connectivity index (χ3n) is 6.29. The average Bonchev–Trinajstić information content (AvgIpc) is 3.56. The number of nitrogens with one attached hydrogen (secondary N) is 1. The first-order chi connectivity index (χ1) is 14.9. The van der Waals surface area contributed by atoms with E-state index in [1.54, 1.807) is 12.3 Å². The fourth-order valence-electron chi connectivity index (χ4n) is 4.30. The van der Waals surface area contributed by atoms with Crippen molar-refractivity contribution in [2.75, 3.05) is 19.3 Å². The van der Waals surface area contributed by atoms with Gasteiger partial charge in [0, 0.05) is 25.4 Å². The number of carbonyl (C=O) groups is 1. The van der Waals surface area contributed by atoms with E-state index >= 15 is 0 Å². The number of benzene rings is 2. The Morgan fingerprint density at radius 3 is 2.71 bits per heavy atom. The van der Waals surface area contributed by atoms with E-state index in [1.165, 1.54) is 34.7 Å². The molecule has 31 heavy (non-hydrogen) atoms. The van der Waals surface area contributed by atoms with E-state index in [2.05, 4.69) is 41.7 Å². The molecule has 1 aliphatic carbocycles. The summed E-state index contributed by atoms with van der Waals surface area (Å²) in [6, 6.07) is 9.77. The van der Waals surface area contributed by atoms with Crippen LogP contribution in [0, 0.1) is 19.7 Å². The minimum Gasteiger partial charge on any atom is -0.489 e. The van der Waals surface area contributed by atoms with E-state index < -0.39 is 11.7 Å². The van der Waals surface area contributed by atoms with Crippen molar-refractivity contribution in [3.8, 4) is 5.75 Å². The zero-order valence-corrected chi connectivity index (χ0v) is 19.4. The zero-order valence-electron chi connectivity index (χ0n) is 18.5. The van der Waals surface area contributed by atoms with Gasteiger partial charge in [-0.1, -0.05) is 30.1 Å². The molecule has 1 N–H and O–H groups in total. The third kappa shape index (κ3) is 5.42. The lowest BCUT2D eigenvalue weighted by molar-refractivity contribution is 0.0832. The number of carbonyl (C=O) groups excluding carboxylic acids is 1. The van der Waals surface area contributed by atoms with Crippen molar-refractivity contribution >= 4 is 17.9 Å². The van der Waals surface area contributed by atoms with Crippen LogP contribution < -0.4 is 9.46 Å². The average molecular weight is 443 g/mol. The SMILES string of the molecule is CSNC(=O)c1cc(C2CC2)c(OC2CCCN(Cc3ccc(C)c(C)c3)C2)cc1F. The maximum Gasteiger partial charge on any atom is 0.264 e. The monoisotopic (exact) mass is 442 g/mol. The highest BCUT2D eigenvalue weighted by atomic mass is 32.2. The zero-order chi connectivity index (χ0) is 22.0. The van der Waals surface area contributed by atoms with Gasteiger partial charge >= 0.3 is 0 Å². The summed E-state index contributed by atoms with van der Waals surface area (Å²) in [5.41, 5.74) is 5.02. The summed E-state index contributed by atoms with van der Waals surface area (Å²) in [6.07, 6.45) is 5.93. The largest absolute Gasteiger partial charge is 0.489 e. The van der Waals surface area contributed by atoms with Gasteiger partial charge in [0.15, 0.2) is 0 Å². The third-order valence-corrected chi connectivity index (χ3v) is 6.68. The molecule has 2 aromatic rings. The predicted octanol–water partition coefficient (Wildman–Crippen LogP) is 5.37. The van der Waals surface area contributed by atoms with Crippen LogP contribution in [0.4, 0.5) is 4.39 Å². The molecule has 1 saturated heterocycles. The lowest BCUT2D eigenvalue weighted by atomic mass is 10.0. The fourth-order valence-corrected chi connectivity index (χ4v) is 4.60. The molecule has 1 heterocycles. The van der Waals surface area contributed by atoms with E-state index in [0.29, 0.717) is 11.7 Å². The predicted molar refractivity (Wildman–Crippen MR) is 124 cm³/mol. The van der Waals surface area contributed by atoms with Crippen molar-refractivity contribution in [1.29, 1.82) is 0 Å². The van der Waals surface area contributed by atoms with E-state index in [0.717, 1.165) is 50.9 Å². The van der Waals surface area contributed by atoms with Gasteiger partial charge in [-0.05, 0) is 80.3 Å². The summed E-state index contributed by atoms with van der Waals surface area (Å²) in [5.74, 6) is 0.0646. The van der Waals surface area contributed by atoms with Gasteiger partial charge in [0.2, 0.25) is 0 Å². The number of likely N-dealkylation sites (tertiary alicyclic amines) is 1. The van der Waals surface area contributed by atoms with Gasteiger partial charge < -0.3 is 4.74 Å². The van der Waals surface area contributed by atoms with Crippen LogP contribution in [0.25, 0.3) is 0 Å². The first-order valence-corrected chi connectivity index (χ1v) is 12.3. The first-order valence-electron chi connectivity index (χ1n) is 11.1. The number of amides is 1. The molecule has 0 aromatic heterocycles. The Balaban J connectivity index is 1.47. The van der Waals surface area contributed by atoms with Crippen molar-refractivity contribution in [3.63, 3.8) is 0 Å². The number of halogens is 1. The second-order valence-electron chi connectivity index (χ2n) is 8.82. The van der Waals surface area contributed by atoms with Gasteiger partial charge in [0.05, 0.1) is 5.56 Å². The molecule has 2 aliphatic rings. The van der Waals surface area contributed by atoms with E-state index in [-0.39, 0.29) is 11.7 Å². The Morgan fingerprint density at radius 1 is 1.19 bits per heavy atom. The van der Waals surface area contributed by atoms with Crippen LogP contribution in [0.1, 0.15) is 64.2 Å². The highest BCUT2D eigenvalue weighted by Crippen LogP contribution is 2.45. The van der Waals surface area contributed by atoms with Crippen molar-refractivity contribution in [2.45, 2.75) is 58.1 Å². The van der Waals surface area contributed by atoms with E-state index in [4.69, 9.17) is 4.74 Å². The van der Waals surface area contributed by atoms with Gasteiger partial charge in [-0.2, -0.15) is 0 Å². The number of nitrogens with zero attached hydrogens (tertiary/aromatic N) is 1. The fraction of sp³-hybridized carbons (Fsp3) is 0.480. The Bertz CT molecular complexity index is 961. The summed E-state index contributed by atoms with van der Waals surface area (Å²) in [4.78, 5) is 14.6. The molecular formula is C25H31FN2O2S. The summed E-state index contributed by atoms with van der Waals surface area (Å²) >= 11 is 1.18. The summed E-state index contributed by atoms with van der Waals surface area (Å²) in [5, 5.41) is 0. The van der Waals surface area contributed by atoms with Crippen LogP contribution in [-0.2, 0) is 6.54 Å². The summed E-state index contributed by atoms with van der Waals surface area (Å²) in [7, 11) is 0. The number of piperidine rings is 1. The second-order valence-corrected chi connectivity index (χ2v) is 9.43. The van der Waals surface area contributed by atoms with Crippen LogP contribution >= 0.6 is 11.9 Å².